The number of likely N-dealkylation sites (tertiary alicyclic amines) is 1. The molecule has 1 fully saturated rings. The summed E-state index contributed by atoms with van der Waals surface area (Å²) >= 11 is 0. The Morgan fingerprint density at radius 1 is 1.30 bits per heavy atom. The maximum Gasteiger partial charge on any atom is 0.328 e. The number of carbonyl (C=O) groups is 1. The Labute approximate surface area is 132 Å². The first-order valence-electron chi connectivity index (χ1n) is 7.65. The van der Waals surface area contributed by atoms with Gasteiger partial charge in [-0.05, 0) is 25.0 Å². The summed E-state index contributed by atoms with van der Waals surface area (Å²) in [5, 5.41) is 0. The maximum atomic E-state index is 12.5. The van der Waals surface area contributed by atoms with Gasteiger partial charge in [-0.25, -0.2) is 4.79 Å². The summed E-state index contributed by atoms with van der Waals surface area (Å²) in [5.74, 6) is -0.00347. The lowest BCUT2D eigenvalue weighted by Crippen LogP contribution is -2.34. The van der Waals surface area contributed by atoms with Crippen LogP contribution >= 0.6 is 0 Å². The van der Waals surface area contributed by atoms with Crippen molar-refractivity contribution in [2.24, 2.45) is 0 Å². The van der Waals surface area contributed by atoms with Gasteiger partial charge in [0, 0.05) is 38.0 Å². The van der Waals surface area contributed by atoms with E-state index in [4.69, 9.17) is 0 Å². The lowest BCUT2D eigenvalue weighted by molar-refractivity contribution is -0.132. The van der Waals surface area contributed by atoms with Crippen LogP contribution in [0.3, 0.4) is 0 Å². The molecule has 0 bridgehead atoms. The number of H-pyrrole nitrogens is 1. The van der Waals surface area contributed by atoms with Crippen molar-refractivity contribution in [1.82, 2.24) is 19.4 Å². The Kier molecular flexibility index (Phi) is 4.36. The van der Waals surface area contributed by atoms with Crippen molar-refractivity contribution in [2.45, 2.75) is 31.8 Å². The third kappa shape index (κ3) is 3.39. The molecule has 2 aromatic heterocycles. The highest BCUT2D eigenvalue weighted by Crippen LogP contribution is 2.30. The van der Waals surface area contributed by atoms with Gasteiger partial charge in [0.1, 0.15) is 0 Å². The number of carbonyl (C=O) groups excluding carboxylic acids is 1. The molecule has 1 amide bonds. The summed E-state index contributed by atoms with van der Waals surface area (Å²) in [7, 11) is 0. The predicted molar refractivity (Wildman–Crippen MR) is 83.9 cm³/mol. The molecule has 1 aliphatic heterocycles. The van der Waals surface area contributed by atoms with E-state index >= 15 is 0 Å². The van der Waals surface area contributed by atoms with E-state index in [1.807, 2.05) is 23.1 Å². The number of aryl methyl sites for hydroxylation is 1. The molecule has 0 aliphatic carbocycles. The van der Waals surface area contributed by atoms with Crippen molar-refractivity contribution in [3.8, 4) is 0 Å². The van der Waals surface area contributed by atoms with Gasteiger partial charge in [0.25, 0.3) is 5.56 Å². The minimum absolute atomic E-state index is 0.00347. The Bertz CT molecular complexity index is 797. The lowest BCUT2D eigenvalue weighted by atomic mass is 10.1. The number of nitrogens with one attached hydrogen (secondary N) is 1. The SMILES string of the molecule is O=C(CCn1ccc(=O)[nH]c1=O)N1CCC[C@@H]1c1ccccn1. The molecular weight excluding hydrogens is 296 g/mol. The van der Waals surface area contributed by atoms with E-state index in [9.17, 15) is 14.4 Å². The molecule has 7 nitrogen and oxygen atoms in total. The predicted octanol–water partition coefficient (Wildman–Crippen LogP) is 0.685. The summed E-state index contributed by atoms with van der Waals surface area (Å²) in [6.45, 7) is 0.959. The standard InChI is InChI=1S/C16H18N4O3/c21-14-6-10-19(16(23)18-14)11-7-15(22)20-9-3-5-13(20)12-4-1-2-8-17-12/h1-2,4,6,8,10,13H,3,5,7,9,11H2,(H,18,21,23)/t13-/m1/s1. The fraction of sp³-hybridized carbons (Fsp3) is 0.375. The highest BCUT2D eigenvalue weighted by Gasteiger charge is 2.30. The van der Waals surface area contributed by atoms with Crippen LogP contribution in [-0.4, -0.2) is 31.9 Å². The van der Waals surface area contributed by atoms with Gasteiger partial charge >= 0.3 is 5.69 Å². The van der Waals surface area contributed by atoms with E-state index < -0.39 is 11.2 Å². The average molecular weight is 314 g/mol. The number of pyridine rings is 1. The molecule has 1 atom stereocenters. The van der Waals surface area contributed by atoms with Crippen LogP contribution in [0.4, 0.5) is 0 Å². The Morgan fingerprint density at radius 3 is 2.91 bits per heavy atom. The molecular formula is C16H18N4O3. The van der Waals surface area contributed by atoms with Gasteiger partial charge in [-0.3, -0.25) is 19.6 Å². The van der Waals surface area contributed by atoms with Crippen LogP contribution in [-0.2, 0) is 11.3 Å². The first-order chi connectivity index (χ1) is 11.1. The number of aromatic nitrogens is 3. The molecule has 120 valence electrons. The second-order valence-corrected chi connectivity index (χ2v) is 5.55. The second kappa shape index (κ2) is 6.60. The molecule has 2 aromatic rings. The van der Waals surface area contributed by atoms with Crippen LogP contribution < -0.4 is 11.2 Å². The number of amides is 1. The smallest absolute Gasteiger partial charge is 0.328 e. The summed E-state index contributed by atoms with van der Waals surface area (Å²) in [6, 6.07) is 6.99. The molecule has 1 aliphatic rings. The van der Waals surface area contributed by atoms with Gasteiger partial charge < -0.3 is 9.47 Å². The first kappa shape index (κ1) is 15.2. The normalized spacial score (nSPS) is 17.4. The molecule has 0 saturated carbocycles. The summed E-state index contributed by atoms with van der Waals surface area (Å²) in [6.07, 6.45) is 5.22. The van der Waals surface area contributed by atoms with E-state index in [1.54, 1.807) is 6.20 Å². The highest BCUT2D eigenvalue weighted by atomic mass is 16.2. The summed E-state index contributed by atoms with van der Waals surface area (Å²) < 4.78 is 1.34. The van der Waals surface area contributed by atoms with E-state index in [2.05, 4.69) is 9.97 Å². The van der Waals surface area contributed by atoms with Crippen LogP contribution in [0.25, 0.3) is 0 Å². The summed E-state index contributed by atoms with van der Waals surface area (Å²) in [4.78, 5) is 43.5. The molecule has 0 spiro atoms. The van der Waals surface area contributed by atoms with Crippen LogP contribution in [0, 0.1) is 0 Å². The minimum Gasteiger partial charge on any atom is -0.334 e. The van der Waals surface area contributed by atoms with E-state index in [0.29, 0.717) is 6.54 Å². The van der Waals surface area contributed by atoms with Gasteiger partial charge in [0.2, 0.25) is 5.91 Å². The second-order valence-electron chi connectivity index (χ2n) is 5.55. The van der Waals surface area contributed by atoms with Gasteiger partial charge in [-0.1, -0.05) is 6.07 Å². The van der Waals surface area contributed by atoms with Crippen LogP contribution in [0.5, 0.6) is 0 Å². The molecule has 1 saturated heterocycles. The fourth-order valence-electron chi connectivity index (χ4n) is 2.93. The van der Waals surface area contributed by atoms with Crippen LogP contribution in [0.2, 0.25) is 0 Å². The molecule has 23 heavy (non-hydrogen) atoms. The Morgan fingerprint density at radius 2 is 2.17 bits per heavy atom. The number of rotatable bonds is 4. The highest BCUT2D eigenvalue weighted by molar-refractivity contribution is 5.76. The Hall–Kier alpha value is -2.70. The quantitative estimate of drug-likeness (QED) is 0.899. The van der Waals surface area contributed by atoms with E-state index in [-0.39, 0.29) is 24.9 Å². The van der Waals surface area contributed by atoms with Gasteiger partial charge in [-0.15, -0.1) is 0 Å². The van der Waals surface area contributed by atoms with Gasteiger partial charge in [-0.2, -0.15) is 0 Å². The zero-order valence-electron chi connectivity index (χ0n) is 12.6. The molecule has 1 N–H and O–H groups in total. The third-order valence-corrected chi connectivity index (χ3v) is 4.07. The zero-order valence-corrected chi connectivity index (χ0v) is 12.6. The average Bonchev–Trinajstić information content (AvgIpc) is 3.04. The minimum atomic E-state index is -0.493. The monoisotopic (exact) mass is 314 g/mol. The molecule has 3 heterocycles. The van der Waals surface area contributed by atoms with E-state index in [0.717, 1.165) is 18.5 Å². The molecule has 3 rings (SSSR count). The number of nitrogens with zero attached hydrogens (tertiary/aromatic N) is 3. The fourth-order valence-corrected chi connectivity index (χ4v) is 2.93. The van der Waals surface area contributed by atoms with Crippen molar-refractivity contribution in [1.29, 1.82) is 0 Å². The van der Waals surface area contributed by atoms with Crippen molar-refractivity contribution in [3.63, 3.8) is 0 Å². The van der Waals surface area contributed by atoms with Crippen molar-refractivity contribution in [3.05, 3.63) is 63.2 Å². The third-order valence-electron chi connectivity index (χ3n) is 4.07. The van der Waals surface area contributed by atoms with Crippen molar-refractivity contribution >= 4 is 5.91 Å². The topological polar surface area (TPSA) is 88.1 Å². The molecule has 0 radical (unpaired) electrons. The number of hydrogen-bond donors (Lipinski definition) is 1. The maximum absolute atomic E-state index is 12.5. The van der Waals surface area contributed by atoms with E-state index in [1.165, 1.54) is 16.8 Å². The van der Waals surface area contributed by atoms with Crippen LogP contribution in [0.15, 0.2) is 46.2 Å². The largest absolute Gasteiger partial charge is 0.334 e. The first-order valence-corrected chi connectivity index (χ1v) is 7.65. The summed E-state index contributed by atoms with van der Waals surface area (Å²) in [5.41, 5.74) is -0.0279. The van der Waals surface area contributed by atoms with Crippen molar-refractivity contribution < 1.29 is 4.79 Å². The van der Waals surface area contributed by atoms with Crippen molar-refractivity contribution in [2.75, 3.05) is 6.54 Å². The van der Waals surface area contributed by atoms with Gasteiger partial charge in [0.15, 0.2) is 0 Å². The Balaban J connectivity index is 1.68. The molecule has 0 aromatic carbocycles. The zero-order chi connectivity index (χ0) is 16.2. The molecule has 0 unspecified atom stereocenters. The lowest BCUT2D eigenvalue weighted by Gasteiger charge is -2.24. The number of hydrogen-bond acceptors (Lipinski definition) is 4. The molecule has 7 heteroatoms. The van der Waals surface area contributed by atoms with Gasteiger partial charge in [0.05, 0.1) is 11.7 Å². The van der Waals surface area contributed by atoms with Crippen LogP contribution in [0.1, 0.15) is 31.0 Å². The number of aromatic amines is 1.